The zero-order chi connectivity index (χ0) is 17.6. The van der Waals surface area contributed by atoms with Crippen LogP contribution in [0.2, 0.25) is 0 Å². The molecule has 5 heteroatoms. The molecular formula is C20H23NO4. The van der Waals surface area contributed by atoms with Crippen molar-refractivity contribution < 1.29 is 19.1 Å². The number of ketones is 1. The third-order valence-electron chi connectivity index (χ3n) is 4.91. The fourth-order valence-corrected chi connectivity index (χ4v) is 3.67. The Hall–Kier alpha value is -2.32. The molecule has 1 aromatic rings. The van der Waals surface area contributed by atoms with Crippen molar-refractivity contribution in [3.63, 3.8) is 0 Å². The van der Waals surface area contributed by atoms with Gasteiger partial charge in [0.25, 0.3) is 0 Å². The fraction of sp³-hybridized carbons (Fsp3) is 0.500. The minimum absolute atomic E-state index is 0.0366. The maximum Gasteiger partial charge on any atom is 0.410 e. The third kappa shape index (κ3) is 4.21. The summed E-state index contributed by atoms with van der Waals surface area (Å²) in [5.41, 5.74) is 0.955. The van der Waals surface area contributed by atoms with E-state index in [1.807, 2.05) is 30.3 Å². The van der Waals surface area contributed by atoms with Crippen LogP contribution in [0.15, 0.2) is 30.3 Å². The number of fused-ring (bicyclic) bond motifs is 2. The quantitative estimate of drug-likeness (QED) is 0.773. The monoisotopic (exact) mass is 341 g/mol. The molecule has 0 aromatic heterocycles. The van der Waals surface area contributed by atoms with Crippen molar-refractivity contribution in [2.24, 2.45) is 5.92 Å². The van der Waals surface area contributed by atoms with Gasteiger partial charge < -0.3 is 9.47 Å². The van der Waals surface area contributed by atoms with E-state index in [4.69, 9.17) is 15.9 Å². The first kappa shape index (κ1) is 17.5. The van der Waals surface area contributed by atoms with Crippen molar-refractivity contribution in [3.05, 3.63) is 35.9 Å². The van der Waals surface area contributed by atoms with Crippen LogP contribution < -0.4 is 0 Å². The molecule has 2 fully saturated rings. The first-order chi connectivity index (χ1) is 12.2. The van der Waals surface area contributed by atoms with Crippen molar-refractivity contribution in [1.29, 1.82) is 0 Å². The number of morpholine rings is 1. The van der Waals surface area contributed by atoms with Crippen LogP contribution in [-0.4, -0.2) is 42.1 Å². The van der Waals surface area contributed by atoms with Gasteiger partial charge in [0, 0.05) is 18.8 Å². The summed E-state index contributed by atoms with van der Waals surface area (Å²) in [5, 5.41) is 0. The second-order valence-corrected chi connectivity index (χ2v) is 6.63. The molecule has 25 heavy (non-hydrogen) atoms. The average molecular weight is 341 g/mol. The molecule has 2 aliphatic rings. The number of benzene rings is 1. The van der Waals surface area contributed by atoms with Crippen molar-refractivity contribution >= 4 is 11.9 Å². The molecule has 1 amide bonds. The number of piperidine rings is 1. The standard InChI is InChI=1S/C20H23NO4/c1-2-3-9-19(22)16-10-17-13-24-14-18(11-16)21(17)20(23)25-12-15-7-5-4-6-8-15/h1,4-8,16-18H,3,9-14H2. The largest absolute Gasteiger partial charge is 0.445 e. The van der Waals surface area contributed by atoms with Crippen LogP contribution in [0.25, 0.3) is 0 Å². The summed E-state index contributed by atoms with van der Waals surface area (Å²) in [4.78, 5) is 26.6. The highest BCUT2D eigenvalue weighted by atomic mass is 16.6. The molecule has 0 radical (unpaired) electrons. The molecule has 2 saturated heterocycles. The van der Waals surface area contributed by atoms with E-state index in [9.17, 15) is 9.59 Å². The highest BCUT2D eigenvalue weighted by Crippen LogP contribution is 2.33. The number of terminal acetylenes is 1. The van der Waals surface area contributed by atoms with Crippen LogP contribution in [0, 0.1) is 18.3 Å². The number of amides is 1. The van der Waals surface area contributed by atoms with Crippen LogP contribution >= 0.6 is 0 Å². The summed E-state index contributed by atoms with van der Waals surface area (Å²) < 4.78 is 11.1. The molecule has 0 saturated carbocycles. The first-order valence-corrected chi connectivity index (χ1v) is 8.72. The normalized spacial score (nSPS) is 25.1. The van der Waals surface area contributed by atoms with E-state index in [2.05, 4.69) is 5.92 Å². The molecule has 0 N–H and O–H groups in total. The summed E-state index contributed by atoms with van der Waals surface area (Å²) in [5.74, 6) is 2.68. The van der Waals surface area contributed by atoms with E-state index in [1.165, 1.54) is 0 Å². The van der Waals surface area contributed by atoms with Gasteiger partial charge in [-0.05, 0) is 18.4 Å². The van der Waals surface area contributed by atoms with Gasteiger partial charge in [-0.25, -0.2) is 4.79 Å². The Labute approximate surface area is 148 Å². The van der Waals surface area contributed by atoms with Gasteiger partial charge in [-0.1, -0.05) is 30.3 Å². The second-order valence-electron chi connectivity index (χ2n) is 6.63. The zero-order valence-electron chi connectivity index (χ0n) is 14.2. The number of carbonyl (C=O) groups excluding carboxylic acids is 2. The maximum atomic E-state index is 12.6. The number of rotatable bonds is 5. The van der Waals surface area contributed by atoms with Gasteiger partial charge in [0.05, 0.1) is 25.3 Å². The third-order valence-corrected chi connectivity index (χ3v) is 4.91. The average Bonchev–Trinajstić information content (AvgIpc) is 2.64. The van der Waals surface area contributed by atoms with Crippen LogP contribution in [0.3, 0.4) is 0 Å². The van der Waals surface area contributed by atoms with Gasteiger partial charge in [-0.3, -0.25) is 9.69 Å². The minimum Gasteiger partial charge on any atom is -0.445 e. The van der Waals surface area contributed by atoms with Gasteiger partial charge in [0.1, 0.15) is 12.4 Å². The molecule has 132 valence electrons. The summed E-state index contributed by atoms with van der Waals surface area (Å²) in [6.45, 7) is 1.16. The lowest BCUT2D eigenvalue weighted by Crippen LogP contribution is -2.59. The van der Waals surface area contributed by atoms with E-state index in [0.29, 0.717) is 38.9 Å². The Balaban J connectivity index is 1.60. The Morgan fingerprint density at radius 2 is 1.88 bits per heavy atom. The van der Waals surface area contributed by atoms with Crippen LogP contribution in [0.5, 0.6) is 0 Å². The molecular weight excluding hydrogens is 318 g/mol. The number of hydrogen-bond acceptors (Lipinski definition) is 4. The highest BCUT2D eigenvalue weighted by molar-refractivity contribution is 5.82. The summed E-state index contributed by atoms with van der Waals surface area (Å²) in [7, 11) is 0. The second kappa shape index (κ2) is 8.17. The number of ether oxygens (including phenoxy) is 2. The predicted molar refractivity (Wildman–Crippen MR) is 92.7 cm³/mol. The summed E-state index contributed by atoms with van der Waals surface area (Å²) in [6.07, 6.45) is 7.07. The van der Waals surface area contributed by atoms with Gasteiger partial charge >= 0.3 is 6.09 Å². The SMILES string of the molecule is C#CCCC(=O)C1CC2COCC(C1)N2C(=O)OCc1ccccc1. The molecule has 2 unspecified atom stereocenters. The van der Waals surface area contributed by atoms with Crippen molar-refractivity contribution in [2.45, 2.75) is 44.4 Å². The predicted octanol–water partition coefficient (Wildman–Crippen LogP) is 2.79. The minimum atomic E-state index is -0.323. The number of hydrogen-bond donors (Lipinski definition) is 0. The van der Waals surface area contributed by atoms with E-state index >= 15 is 0 Å². The Morgan fingerprint density at radius 1 is 1.20 bits per heavy atom. The van der Waals surface area contributed by atoms with Crippen molar-refractivity contribution in [2.75, 3.05) is 13.2 Å². The van der Waals surface area contributed by atoms with Gasteiger partial charge in [0.2, 0.25) is 0 Å². The smallest absolute Gasteiger partial charge is 0.410 e. The maximum absolute atomic E-state index is 12.6. The fourth-order valence-electron chi connectivity index (χ4n) is 3.67. The van der Waals surface area contributed by atoms with Crippen molar-refractivity contribution in [1.82, 2.24) is 4.90 Å². The van der Waals surface area contributed by atoms with E-state index in [-0.39, 0.29) is 36.5 Å². The van der Waals surface area contributed by atoms with Crippen LogP contribution in [0.1, 0.15) is 31.2 Å². The molecule has 0 spiro atoms. The van der Waals surface area contributed by atoms with Crippen LogP contribution in [-0.2, 0) is 20.9 Å². The molecule has 3 rings (SSSR count). The van der Waals surface area contributed by atoms with Gasteiger partial charge in [-0.2, -0.15) is 0 Å². The van der Waals surface area contributed by atoms with Gasteiger partial charge in [-0.15, -0.1) is 12.3 Å². The molecule has 2 aliphatic heterocycles. The summed E-state index contributed by atoms with van der Waals surface area (Å²) >= 11 is 0. The highest BCUT2D eigenvalue weighted by Gasteiger charge is 2.44. The zero-order valence-corrected chi connectivity index (χ0v) is 14.2. The van der Waals surface area contributed by atoms with Crippen molar-refractivity contribution in [3.8, 4) is 12.3 Å². The lowest BCUT2D eigenvalue weighted by Gasteiger charge is -2.47. The number of Topliss-reactive ketones (excluding diaryl/α,β-unsaturated/α-hetero) is 1. The van der Waals surface area contributed by atoms with Crippen LogP contribution in [0.4, 0.5) is 4.79 Å². The molecule has 2 bridgehead atoms. The molecule has 5 nitrogen and oxygen atoms in total. The van der Waals surface area contributed by atoms with Gasteiger partial charge in [0.15, 0.2) is 0 Å². The topological polar surface area (TPSA) is 55.8 Å². The Morgan fingerprint density at radius 3 is 2.52 bits per heavy atom. The molecule has 2 heterocycles. The number of carbonyl (C=O) groups is 2. The Kier molecular flexibility index (Phi) is 5.72. The lowest BCUT2D eigenvalue weighted by molar-refractivity contribution is -0.131. The molecule has 1 aromatic carbocycles. The van der Waals surface area contributed by atoms with E-state index < -0.39 is 0 Å². The van der Waals surface area contributed by atoms with E-state index in [0.717, 1.165) is 5.56 Å². The Bertz CT molecular complexity index is 637. The summed E-state index contributed by atoms with van der Waals surface area (Å²) in [6, 6.07) is 9.40. The molecule has 2 atom stereocenters. The number of nitrogens with zero attached hydrogens (tertiary/aromatic N) is 1. The lowest BCUT2D eigenvalue weighted by atomic mass is 9.81. The first-order valence-electron chi connectivity index (χ1n) is 8.72. The van der Waals surface area contributed by atoms with E-state index in [1.54, 1.807) is 4.90 Å². The molecule has 0 aliphatic carbocycles.